The summed E-state index contributed by atoms with van der Waals surface area (Å²) in [6, 6.07) is 10.8. The SMILES string of the molecule is COCCC(=O)Nc1cccc(N/C(=N/C#N)N2CCN(C(=O)Nc3cccc(F)c3)CC2C(C)C)c1C. The smallest absolute Gasteiger partial charge is 0.321 e. The molecule has 0 aromatic heterocycles. The highest BCUT2D eigenvalue weighted by Gasteiger charge is 2.34. The highest BCUT2D eigenvalue weighted by atomic mass is 19.1. The molecule has 10 nitrogen and oxygen atoms in total. The van der Waals surface area contributed by atoms with Crippen molar-refractivity contribution in [2.75, 3.05) is 49.3 Å². The number of carbonyl (C=O) groups is 2. The molecule has 1 aliphatic rings. The molecule has 3 amide bonds. The number of nitrogens with zero attached hydrogens (tertiary/aromatic N) is 4. The number of hydrogen-bond donors (Lipinski definition) is 3. The number of piperazine rings is 1. The van der Waals surface area contributed by atoms with Gasteiger partial charge in [0.1, 0.15) is 5.82 Å². The number of nitrogens with one attached hydrogen (secondary N) is 3. The van der Waals surface area contributed by atoms with Crippen molar-refractivity contribution in [1.82, 2.24) is 9.80 Å². The second kappa shape index (κ2) is 13.4. The number of aliphatic imine (C=N–C) groups is 1. The lowest BCUT2D eigenvalue weighted by Crippen LogP contribution is -2.60. The standard InChI is InChI=1S/C27H34FN7O3/c1-18(2)24-16-34(27(37)31-21-8-5-7-20(28)15-21)12-13-35(24)26(30-17-29)33-23-10-6-9-22(19(23)3)32-25(36)11-14-38-4/h5-10,15,18,24H,11-14,16H2,1-4H3,(H,30,33)(H,31,37)(H,32,36). The summed E-state index contributed by atoms with van der Waals surface area (Å²) < 4.78 is 18.5. The van der Waals surface area contributed by atoms with Crippen molar-refractivity contribution in [3.63, 3.8) is 0 Å². The van der Waals surface area contributed by atoms with Gasteiger partial charge in [-0.05, 0) is 48.7 Å². The summed E-state index contributed by atoms with van der Waals surface area (Å²) in [7, 11) is 1.54. The Kier molecular flexibility index (Phi) is 10.0. The van der Waals surface area contributed by atoms with Gasteiger partial charge in [0.15, 0.2) is 0 Å². The number of guanidine groups is 1. The number of carbonyl (C=O) groups excluding carboxylic acids is 2. The number of hydrogen-bond acceptors (Lipinski definition) is 5. The van der Waals surface area contributed by atoms with Crippen LogP contribution in [0.5, 0.6) is 0 Å². The normalized spacial score (nSPS) is 15.7. The topological polar surface area (TPSA) is 122 Å². The Labute approximate surface area is 222 Å². The Bertz CT molecular complexity index is 1210. The number of halogens is 1. The maximum Gasteiger partial charge on any atom is 0.321 e. The third-order valence-electron chi connectivity index (χ3n) is 6.37. The molecular formula is C27H34FN7O3. The average Bonchev–Trinajstić information content (AvgIpc) is 2.89. The van der Waals surface area contributed by atoms with E-state index in [9.17, 15) is 19.2 Å². The molecule has 3 rings (SSSR count). The molecule has 0 bridgehead atoms. The van der Waals surface area contributed by atoms with Crippen molar-refractivity contribution < 1.29 is 18.7 Å². The van der Waals surface area contributed by atoms with Gasteiger partial charge in [-0.25, -0.2) is 9.18 Å². The van der Waals surface area contributed by atoms with Crippen molar-refractivity contribution in [2.24, 2.45) is 10.9 Å². The lowest BCUT2D eigenvalue weighted by atomic mass is 10.00. The van der Waals surface area contributed by atoms with Crippen LogP contribution in [0.2, 0.25) is 0 Å². The van der Waals surface area contributed by atoms with E-state index in [0.29, 0.717) is 49.3 Å². The molecule has 1 atom stereocenters. The lowest BCUT2D eigenvalue weighted by Gasteiger charge is -2.44. The average molecular weight is 524 g/mol. The molecule has 0 aliphatic carbocycles. The molecule has 1 fully saturated rings. The largest absolute Gasteiger partial charge is 0.384 e. The summed E-state index contributed by atoms with van der Waals surface area (Å²) >= 11 is 0. The van der Waals surface area contributed by atoms with Gasteiger partial charge in [-0.3, -0.25) is 4.79 Å². The van der Waals surface area contributed by atoms with E-state index in [4.69, 9.17) is 4.74 Å². The van der Waals surface area contributed by atoms with Crippen LogP contribution in [-0.2, 0) is 9.53 Å². The zero-order valence-corrected chi connectivity index (χ0v) is 22.1. The maximum atomic E-state index is 13.5. The Morgan fingerprint density at radius 2 is 1.87 bits per heavy atom. The predicted molar refractivity (Wildman–Crippen MR) is 145 cm³/mol. The van der Waals surface area contributed by atoms with Crippen molar-refractivity contribution in [1.29, 1.82) is 5.26 Å². The molecule has 0 radical (unpaired) electrons. The predicted octanol–water partition coefficient (Wildman–Crippen LogP) is 4.23. The van der Waals surface area contributed by atoms with E-state index >= 15 is 0 Å². The summed E-state index contributed by atoms with van der Waals surface area (Å²) in [5.74, 6) is -0.101. The van der Waals surface area contributed by atoms with E-state index in [0.717, 1.165) is 5.56 Å². The van der Waals surface area contributed by atoms with Gasteiger partial charge in [0.2, 0.25) is 18.1 Å². The third kappa shape index (κ3) is 7.43. The molecule has 2 aromatic rings. The zero-order chi connectivity index (χ0) is 27.7. The minimum Gasteiger partial charge on any atom is -0.384 e. The first-order valence-corrected chi connectivity index (χ1v) is 12.4. The number of amides is 3. The van der Waals surface area contributed by atoms with Crippen LogP contribution in [-0.4, -0.2) is 67.1 Å². The van der Waals surface area contributed by atoms with Crippen molar-refractivity contribution in [2.45, 2.75) is 33.2 Å². The number of nitriles is 1. The van der Waals surface area contributed by atoms with E-state index < -0.39 is 5.82 Å². The highest BCUT2D eigenvalue weighted by molar-refractivity contribution is 5.98. The Hall–Kier alpha value is -4.17. The van der Waals surface area contributed by atoms with Gasteiger partial charge in [0, 0.05) is 43.8 Å². The van der Waals surface area contributed by atoms with Crippen molar-refractivity contribution in [3.8, 4) is 6.19 Å². The third-order valence-corrected chi connectivity index (χ3v) is 6.37. The van der Waals surface area contributed by atoms with Crippen LogP contribution in [0.4, 0.5) is 26.2 Å². The number of anilines is 3. The van der Waals surface area contributed by atoms with Gasteiger partial charge in [-0.2, -0.15) is 5.26 Å². The fourth-order valence-corrected chi connectivity index (χ4v) is 4.24. The monoisotopic (exact) mass is 523 g/mol. The van der Waals surface area contributed by atoms with Crippen LogP contribution >= 0.6 is 0 Å². The van der Waals surface area contributed by atoms with Gasteiger partial charge in [-0.15, -0.1) is 4.99 Å². The molecule has 2 aromatic carbocycles. The van der Waals surface area contributed by atoms with Crippen LogP contribution in [0.25, 0.3) is 0 Å². The number of ether oxygens (including phenoxy) is 1. The fourth-order valence-electron chi connectivity index (χ4n) is 4.24. The zero-order valence-electron chi connectivity index (χ0n) is 22.1. The second-order valence-corrected chi connectivity index (χ2v) is 9.32. The van der Waals surface area contributed by atoms with E-state index in [2.05, 4.69) is 20.9 Å². The Balaban J connectivity index is 1.75. The first-order chi connectivity index (χ1) is 18.2. The lowest BCUT2D eigenvalue weighted by molar-refractivity contribution is -0.117. The number of methoxy groups -OCH3 is 1. The summed E-state index contributed by atoms with van der Waals surface area (Å²) in [6.07, 6.45) is 2.12. The molecule has 1 saturated heterocycles. The second-order valence-electron chi connectivity index (χ2n) is 9.32. The molecule has 38 heavy (non-hydrogen) atoms. The van der Waals surface area contributed by atoms with E-state index in [-0.39, 0.29) is 30.3 Å². The number of urea groups is 1. The van der Waals surface area contributed by atoms with Crippen LogP contribution in [0.15, 0.2) is 47.5 Å². The molecular weight excluding hydrogens is 489 g/mol. The van der Waals surface area contributed by atoms with E-state index in [1.807, 2.05) is 37.9 Å². The van der Waals surface area contributed by atoms with Gasteiger partial charge in [0.05, 0.1) is 19.1 Å². The van der Waals surface area contributed by atoms with Crippen molar-refractivity contribution in [3.05, 3.63) is 53.8 Å². The molecule has 1 heterocycles. The minimum absolute atomic E-state index is 0.123. The van der Waals surface area contributed by atoms with Crippen LogP contribution in [0, 0.1) is 30.1 Å². The number of rotatable bonds is 7. The quantitative estimate of drug-likeness (QED) is 0.284. The molecule has 202 valence electrons. The molecule has 3 N–H and O–H groups in total. The van der Waals surface area contributed by atoms with Crippen LogP contribution in [0.1, 0.15) is 25.8 Å². The first kappa shape index (κ1) is 28.4. The summed E-state index contributed by atoms with van der Waals surface area (Å²) in [5, 5.41) is 18.3. The number of benzene rings is 2. The van der Waals surface area contributed by atoms with E-state index in [1.54, 1.807) is 30.2 Å². The highest BCUT2D eigenvalue weighted by Crippen LogP contribution is 2.26. The molecule has 1 unspecified atom stereocenters. The van der Waals surface area contributed by atoms with Crippen molar-refractivity contribution >= 4 is 35.0 Å². The summed E-state index contributed by atoms with van der Waals surface area (Å²) in [6.45, 7) is 7.47. The Morgan fingerprint density at radius 3 is 2.53 bits per heavy atom. The molecule has 0 spiro atoms. The van der Waals surface area contributed by atoms with Gasteiger partial charge >= 0.3 is 6.03 Å². The van der Waals surface area contributed by atoms with Crippen LogP contribution in [0.3, 0.4) is 0 Å². The van der Waals surface area contributed by atoms with Crippen LogP contribution < -0.4 is 16.0 Å². The van der Waals surface area contributed by atoms with E-state index in [1.165, 1.54) is 18.2 Å². The Morgan fingerprint density at radius 1 is 1.16 bits per heavy atom. The molecule has 11 heteroatoms. The fraction of sp³-hybridized carbons (Fsp3) is 0.407. The molecule has 0 saturated carbocycles. The first-order valence-electron chi connectivity index (χ1n) is 12.4. The van der Waals surface area contributed by atoms with Gasteiger partial charge in [0.25, 0.3) is 0 Å². The van der Waals surface area contributed by atoms with Gasteiger partial charge < -0.3 is 30.5 Å². The molecule has 1 aliphatic heterocycles. The minimum atomic E-state index is -0.426. The summed E-state index contributed by atoms with van der Waals surface area (Å²) in [4.78, 5) is 32.8. The van der Waals surface area contributed by atoms with Gasteiger partial charge in [-0.1, -0.05) is 26.0 Å². The maximum absolute atomic E-state index is 13.5. The summed E-state index contributed by atoms with van der Waals surface area (Å²) in [5.41, 5.74) is 2.51.